The number of hydrogen-bond acceptors (Lipinski definition) is 5. The van der Waals surface area contributed by atoms with Gasteiger partial charge in [-0.3, -0.25) is 9.78 Å². The minimum absolute atomic E-state index is 0.198. The van der Waals surface area contributed by atoms with Crippen LogP contribution in [0, 0.1) is 0 Å². The van der Waals surface area contributed by atoms with Gasteiger partial charge in [0.05, 0.1) is 5.75 Å². The summed E-state index contributed by atoms with van der Waals surface area (Å²) in [5.74, 6) is 0.550. The molecule has 0 unspecified atom stereocenters. The van der Waals surface area contributed by atoms with E-state index in [1.807, 2.05) is 22.8 Å². The van der Waals surface area contributed by atoms with Crippen molar-refractivity contribution in [1.29, 1.82) is 0 Å². The van der Waals surface area contributed by atoms with Crippen molar-refractivity contribution in [3.8, 4) is 11.5 Å². The molecule has 0 saturated carbocycles. The molecule has 0 bridgehead atoms. The molecular weight excluding hydrogens is 262 g/mol. The first-order valence-corrected chi connectivity index (χ1v) is 6.96. The van der Waals surface area contributed by atoms with Crippen molar-refractivity contribution in [1.82, 2.24) is 19.7 Å². The second-order valence-electron chi connectivity index (χ2n) is 3.93. The maximum atomic E-state index is 10.9. The number of rotatable bonds is 6. The third-order valence-corrected chi connectivity index (χ3v) is 3.39. The third-order valence-electron chi connectivity index (χ3n) is 2.40. The van der Waals surface area contributed by atoms with Crippen LogP contribution in [0.2, 0.25) is 0 Å². The molecule has 7 heteroatoms. The molecule has 0 fully saturated rings. The number of hydrogen-bond donors (Lipinski definition) is 1. The fourth-order valence-electron chi connectivity index (χ4n) is 1.64. The molecule has 0 saturated heterocycles. The molecule has 0 aliphatic heterocycles. The lowest BCUT2D eigenvalue weighted by Gasteiger charge is -2.07. The van der Waals surface area contributed by atoms with Crippen molar-refractivity contribution in [2.75, 3.05) is 5.75 Å². The zero-order chi connectivity index (χ0) is 13.7. The van der Waals surface area contributed by atoms with Crippen molar-refractivity contribution < 1.29 is 4.79 Å². The highest BCUT2D eigenvalue weighted by Crippen LogP contribution is 2.22. The van der Waals surface area contributed by atoms with E-state index in [4.69, 9.17) is 5.73 Å². The second-order valence-corrected chi connectivity index (χ2v) is 4.87. The van der Waals surface area contributed by atoms with Crippen molar-refractivity contribution in [3.63, 3.8) is 0 Å². The summed E-state index contributed by atoms with van der Waals surface area (Å²) in [6.45, 7) is 2.85. The standard InChI is InChI=1S/C12H15N5OS/c1-2-7-17-11(9-5-3-4-6-14-9)15-16-12(17)19-8-10(13)18/h3-6H,2,7-8H2,1H3,(H2,13,18). The minimum atomic E-state index is -0.365. The van der Waals surface area contributed by atoms with Gasteiger partial charge in [-0.05, 0) is 18.6 Å². The quantitative estimate of drug-likeness (QED) is 0.805. The van der Waals surface area contributed by atoms with Gasteiger partial charge in [-0.2, -0.15) is 0 Å². The third kappa shape index (κ3) is 3.31. The Morgan fingerprint density at radius 2 is 2.26 bits per heavy atom. The Balaban J connectivity index is 2.31. The number of carbonyl (C=O) groups excluding carboxylic acids is 1. The predicted molar refractivity (Wildman–Crippen MR) is 73.5 cm³/mol. The molecule has 0 spiro atoms. The zero-order valence-electron chi connectivity index (χ0n) is 10.6. The molecule has 6 nitrogen and oxygen atoms in total. The Hall–Kier alpha value is -1.89. The number of thioether (sulfide) groups is 1. The monoisotopic (exact) mass is 277 g/mol. The second kappa shape index (κ2) is 6.33. The fraction of sp³-hybridized carbons (Fsp3) is 0.333. The summed E-state index contributed by atoms with van der Waals surface area (Å²) >= 11 is 1.30. The summed E-state index contributed by atoms with van der Waals surface area (Å²) < 4.78 is 1.97. The van der Waals surface area contributed by atoms with Crippen LogP contribution in [0.5, 0.6) is 0 Å². The normalized spacial score (nSPS) is 10.6. The Kier molecular flexibility index (Phi) is 4.51. The molecule has 0 atom stereocenters. The van der Waals surface area contributed by atoms with Gasteiger partial charge in [0.2, 0.25) is 5.91 Å². The Labute approximate surface area is 115 Å². The van der Waals surface area contributed by atoms with Crippen LogP contribution in [-0.2, 0) is 11.3 Å². The molecule has 0 aromatic carbocycles. The average Bonchev–Trinajstić information content (AvgIpc) is 2.81. The highest BCUT2D eigenvalue weighted by Gasteiger charge is 2.14. The molecule has 2 N–H and O–H groups in total. The number of pyridine rings is 1. The molecule has 2 heterocycles. The van der Waals surface area contributed by atoms with Gasteiger partial charge < -0.3 is 10.3 Å². The number of nitrogens with zero attached hydrogens (tertiary/aromatic N) is 4. The number of carbonyl (C=O) groups is 1. The zero-order valence-corrected chi connectivity index (χ0v) is 11.4. The molecule has 100 valence electrons. The van der Waals surface area contributed by atoms with E-state index in [0.29, 0.717) is 5.16 Å². The summed E-state index contributed by atoms with van der Waals surface area (Å²) in [5, 5.41) is 8.97. The van der Waals surface area contributed by atoms with Crippen LogP contribution >= 0.6 is 11.8 Å². The average molecular weight is 277 g/mol. The van der Waals surface area contributed by atoms with Crippen LogP contribution in [0.4, 0.5) is 0 Å². The maximum absolute atomic E-state index is 10.9. The Bertz CT molecular complexity index is 555. The SMILES string of the molecule is CCCn1c(SCC(N)=O)nnc1-c1ccccn1. The van der Waals surface area contributed by atoms with Crippen LogP contribution in [-0.4, -0.2) is 31.4 Å². The largest absolute Gasteiger partial charge is 0.369 e. The predicted octanol–water partition coefficient (Wildman–Crippen LogP) is 1.33. The summed E-state index contributed by atoms with van der Waals surface area (Å²) in [5.41, 5.74) is 5.93. The van der Waals surface area contributed by atoms with Gasteiger partial charge in [-0.1, -0.05) is 24.8 Å². The van der Waals surface area contributed by atoms with Gasteiger partial charge in [0.25, 0.3) is 0 Å². The molecular formula is C12H15N5OS. The minimum Gasteiger partial charge on any atom is -0.369 e. The van der Waals surface area contributed by atoms with Crippen molar-refractivity contribution in [3.05, 3.63) is 24.4 Å². The first-order chi connectivity index (χ1) is 9.22. The van der Waals surface area contributed by atoms with Gasteiger partial charge in [0.1, 0.15) is 5.69 Å². The summed E-state index contributed by atoms with van der Waals surface area (Å²) in [7, 11) is 0. The number of primary amides is 1. The van der Waals surface area contributed by atoms with E-state index >= 15 is 0 Å². The first kappa shape index (κ1) is 13.5. The lowest BCUT2D eigenvalue weighted by atomic mass is 10.3. The van der Waals surface area contributed by atoms with E-state index in [0.717, 1.165) is 24.5 Å². The fourth-order valence-corrected chi connectivity index (χ4v) is 2.34. The van der Waals surface area contributed by atoms with Crippen molar-refractivity contribution in [2.24, 2.45) is 5.73 Å². The highest BCUT2D eigenvalue weighted by molar-refractivity contribution is 7.99. The van der Waals surface area contributed by atoms with E-state index in [1.165, 1.54) is 11.8 Å². The molecule has 1 amide bonds. The van der Waals surface area contributed by atoms with E-state index in [-0.39, 0.29) is 11.7 Å². The van der Waals surface area contributed by atoms with Crippen molar-refractivity contribution >= 4 is 17.7 Å². The van der Waals surface area contributed by atoms with E-state index in [2.05, 4.69) is 22.1 Å². The van der Waals surface area contributed by atoms with Crippen LogP contribution in [0.15, 0.2) is 29.6 Å². The molecule has 0 aliphatic carbocycles. The smallest absolute Gasteiger partial charge is 0.227 e. The van der Waals surface area contributed by atoms with Gasteiger partial charge in [-0.25, -0.2) is 0 Å². The van der Waals surface area contributed by atoms with Gasteiger partial charge in [0, 0.05) is 12.7 Å². The van der Waals surface area contributed by atoms with E-state index < -0.39 is 0 Å². The first-order valence-electron chi connectivity index (χ1n) is 5.98. The molecule has 2 aromatic rings. The molecule has 2 rings (SSSR count). The van der Waals surface area contributed by atoms with E-state index in [1.54, 1.807) is 6.20 Å². The number of amides is 1. The lowest BCUT2D eigenvalue weighted by molar-refractivity contribution is -0.115. The topological polar surface area (TPSA) is 86.7 Å². The Morgan fingerprint density at radius 1 is 1.42 bits per heavy atom. The highest BCUT2D eigenvalue weighted by atomic mass is 32.2. The summed E-state index contributed by atoms with van der Waals surface area (Å²) in [6.07, 6.45) is 2.67. The molecule has 0 aliphatic rings. The number of nitrogens with two attached hydrogens (primary N) is 1. The van der Waals surface area contributed by atoms with E-state index in [9.17, 15) is 4.79 Å². The van der Waals surface area contributed by atoms with Crippen LogP contribution in [0.1, 0.15) is 13.3 Å². The van der Waals surface area contributed by atoms with Gasteiger partial charge in [-0.15, -0.1) is 10.2 Å². The Morgan fingerprint density at radius 3 is 2.89 bits per heavy atom. The maximum Gasteiger partial charge on any atom is 0.227 e. The molecule has 0 radical (unpaired) electrons. The molecule has 19 heavy (non-hydrogen) atoms. The van der Waals surface area contributed by atoms with Gasteiger partial charge >= 0.3 is 0 Å². The van der Waals surface area contributed by atoms with Crippen LogP contribution in [0.3, 0.4) is 0 Å². The van der Waals surface area contributed by atoms with Crippen LogP contribution < -0.4 is 5.73 Å². The van der Waals surface area contributed by atoms with Gasteiger partial charge in [0.15, 0.2) is 11.0 Å². The summed E-state index contributed by atoms with van der Waals surface area (Å²) in [6, 6.07) is 5.65. The number of aromatic nitrogens is 4. The molecule has 2 aromatic heterocycles. The lowest BCUT2D eigenvalue weighted by Crippen LogP contribution is -2.14. The summed E-state index contributed by atoms with van der Waals surface area (Å²) in [4.78, 5) is 15.1. The van der Waals surface area contributed by atoms with Crippen molar-refractivity contribution in [2.45, 2.75) is 25.0 Å². The van der Waals surface area contributed by atoms with Crippen LogP contribution in [0.25, 0.3) is 11.5 Å².